The Balaban J connectivity index is 1.72. The molecular weight excluding hydrogens is 278 g/mol. The predicted molar refractivity (Wildman–Crippen MR) is 82.1 cm³/mol. The molecule has 110 valence electrons. The number of aromatic nitrogens is 2. The van der Waals surface area contributed by atoms with E-state index in [1.54, 1.807) is 12.1 Å². The topological polar surface area (TPSA) is 68.0 Å². The standard InChI is InChI=1S/C17H15N3O2/c1-12(18-16(21)14-10-6-3-7-11-14)17-19-15(20-22-17)13-8-4-2-5-9-13/h2-12H,1H3,(H,18,21). The molecule has 1 unspecified atom stereocenters. The smallest absolute Gasteiger partial charge is 0.251 e. The van der Waals surface area contributed by atoms with Gasteiger partial charge in [-0.3, -0.25) is 4.79 Å². The molecule has 0 aliphatic carbocycles. The maximum absolute atomic E-state index is 12.1. The number of carbonyl (C=O) groups excluding carboxylic acids is 1. The number of amides is 1. The van der Waals surface area contributed by atoms with E-state index in [4.69, 9.17) is 4.52 Å². The second-order valence-corrected chi connectivity index (χ2v) is 4.88. The molecule has 3 aromatic rings. The van der Waals surface area contributed by atoms with Crippen LogP contribution >= 0.6 is 0 Å². The number of hydrogen-bond donors (Lipinski definition) is 1. The minimum atomic E-state index is -0.363. The molecular formula is C17H15N3O2. The molecule has 5 heteroatoms. The monoisotopic (exact) mass is 293 g/mol. The van der Waals surface area contributed by atoms with Gasteiger partial charge in [0.05, 0.1) is 0 Å². The van der Waals surface area contributed by atoms with Gasteiger partial charge in [-0.25, -0.2) is 0 Å². The first-order chi connectivity index (χ1) is 10.7. The summed E-state index contributed by atoms with van der Waals surface area (Å²) in [6, 6.07) is 18.2. The third-order valence-electron chi connectivity index (χ3n) is 3.23. The van der Waals surface area contributed by atoms with E-state index >= 15 is 0 Å². The highest BCUT2D eigenvalue weighted by Crippen LogP contribution is 2.18. The fourth-order valence-electron chi connectivity index (χ4n) is 2.05. The Hall–Kier alpha value is -2.95. The molecule has 1 heterocycles. The number of rotatable bonds is 4. The highest BCUT2D eigenvalue weighted by atomic mass is 16.5. The second-order valence-electron chi connectivity index (χ2n) is 4.88. The van der Waals surface area contributed by atoms with E-state index in [9.17, 15) is 4.79 Å². The number of nitrogens with zero attached hydrogens (tertiary/aromatic N) is 2. The van der Waals surface area contributed by atoms with E-state index in [-0.39, 0.29) is 11.9 Å². The molecule has 0 spiro atoms. The van der Waals surface area contributed by atoms with E-state index in [1.807, 2.05) is 55.5 Å². The van der Waals surface area contributed by atoms with Crippen LogP contribution in [0.15, 0.2) is 65.2 Å². The lowest BCUT2D eigenvalue weighted by Crippen LogP contribution is -2.26. The zero-order chi connectivity index (χ0) is 15.4. The van der Waals surface area contributed by atoms with Gasteiger partial charge < -0.3 is 9.84 Å². The molecule has 0 aliphatic heterocycles. The van der Waals surface area contributed by atoms with E-state index in [1.165, 1.54) is 0 Å². The summed E-state index contributed by atoms with van der Waals surface area (Å²) in [5.74, 6) is 0.715. The quantitative estimate of drug-likeness (QED) is 0.802. The molecule has 0 saturated carbocycles. The van der Waals surface area contributed by atoms with Crippen molar-refractivity contribution in [1.82, 2.24) is 15.5 Å². The van der Waals surface area contributed by atoms with Gasteiger partial charge in [-0.15, -0.1) is 0 Å². The van der Waals surface area contributed by atoms with E-state index < -0.39 is 0 Å². The average molecular weight is 293 g/mol. The number of hydrogen-bond acceptors (Lipinski definition) is 4. The van der Waals surface area contributed by atoms with Gasteiger partial charge in [-0.1, -0.05) is 53.7 Å². The van der Waals surface area contributed by atoms with Crippen LogP contribution in [0.4, 0.5) is 0 Å². The van der Waals surface area contributed by atoms with Gasteiger partial charge in [0.15, 0.2) is 0 Å². The average Bonchev–Trinajstić information content (AvgIpc) is 3.06. The van der Waals surface area contributed by atoms with Crippen molar-refractivity contribution in [3.63, 3.8) is 0 Å². The Labute approximate surface area is 128 Å². The van der Waals surface area contributed by atoms with Crippen molar-refractivity contribution >= 4 is 5.91 Å². The SMILES string of the molecule is CC(NC(=O)c1ccccc1)c1nc(-c2ccccc2)no1. The van der Waals surface area contributed by atoms with Crippen LogP contribution < -0.4 is 5.32 Å². The van der Waals surface area contributed by atoms with Gasteiger partial charge >= 0.3 is 0 Å². The molecule has 3 rings (SSSR count). The van der Waals surface area contributed by atoms with E-state index in [0.29, 0.717) is 17.3 Å². The summed E-state index contributed by atoms with van der Waals surface area (Å²) in [5, 5.41) is 6.79. The minimum absolute atomic E-state index is 0.174. The van der Waals surface area contributed by atoms with Crippen LogP contribution in [-0.4, -0.2) is 16.0 Å². The second kappa shape index (κ2) is 6.22. The molecule has 1 amide bonds. The van der Waals surface area contributed by atoms with Crippen molar-refractivity contribution in [2.45, 2.75) is 13.0 Å². The lowest BCUT2D eigenvalue weighted by Gasteiger charge is -2.09. The first-order valence-electron chi connectivity index (χ1n) is 6.99. The molecule has 22 heavy (non-hydrogen) atoms. The van der Waals surface area contributed by atoms with Crippen molar-refractivity contribution < 1.29 is 9.32 Å². The van der Waals surface area contributed by atoms with Gasteiger partial charge in [0.2, 0.25) is 11.7 Å². The molecule has 1 N–H and O–H groups in total. The van der Waals surface area contributed by atoms with Gasteiger partial charge in [-0.05, 0) is 19.1 Å². The zero-order valence-corrected chi connectivity index (χ0v) is 12.1. The molecule has 2 aromatic carbocycles. The van der Waals surface area contributed by atoms with E-state index in [0.717, 1.165) is 5.56 Å². The lowest BCUT2D eigenvalue weighted by molar-refractivity contribution is 0.0932. The Morgan fingerprint density at radius 1 is 1.05 bits per heavy atom. The number of carbonyl (C=O) groups is 1. The Morgan fingerprint density at radius 2 is 1.68 bits per heavy atom. The largest absolute Gasteiger partial charge is 0.341 e. The first-order valence-corrected chi connectivity index (χ1v) is 6.99. The molecule has 1 atom stereocenters. The van der Waals surface area contributed by atoms with Gasteiger partial charge in [0, 0.05) is 11.1 Å². The third-order valence-corrected chi connectivity index (χ3v) is 3.23. The van der Waals surface area contributed by atoms with Crippen LogP contribution in [0, 0.1) is 0 Å². The summed E-state index contributed by atoms with van der Waals surface area (Å²) in [6.07, 6.45) is 0. The highest BCUT2D eigenvalue weighted by molar-refractivity contribution is 5.94. The van der Waals surface area contributed by atoms with E-state index in [2.05, 4.69) is 15.5 Å². The molecule has 0 radical (unpaired) electrons. The highest BCUT2D eigenvalue weighted by Gasteiger charge is 2.17. The third kappa shape index (κ3) is 3.03. The predicted octanol–water partition coefficient (Wildman–Crippen LogP) is 3.23. The lowest BCUT2D eigenvalue weighted by atomic mass is 10.2. The van der Waals surface area contributed by atoms with Gasteiger partial charge in [-0.2, -0.15) is 4.98 Å². The summed E-state index contributed by atoms with van der Waals surface area (Å²) >= 11 is 0. The summed E-state index contributed by atoms with van der Waals surface area (Å²) < 4.78 is 5.24. The van der Waals surface area contributed by atoms with Gasteiger partial charge in [0.1, 0.15) is 6.04 Å². The van der Waals surface area contributed by atoms with Crippen molar-refractivity contribution in [3.8, 4) is 11.4 Å². The Morgan fingerprint density at radius 3 is 2.36 bits per heavy atom. The van der Waals surface area contributed by atoms with Crippen LogP contribution in [0.5, 0.6) is 0 Å². The van der Waals surface area contributed by atoms with Crippen molar-refractivity contribution in [2.24, 2.45) is 0 Å². The Bertz CT molecular complexity index is 754. The number of benzene rings is 2. The molecule has 5 nitrogen and oxygen atoms in total. The Kier molecular flexibility index (Phi) is 3.96. The first kappa shape index (κ1) is 14.0. The minimum Gasteiger partial charge on any atom is -0.341 e. The van der Waals surface area contributed by atoms with Crippen LogP contribution in [0.25, 0.3) is 11.4 Å². The fourth-order valence-corrected chi connectivity index (χ4v) is 2.05. The molecule has 0 bridgehead atoms. The summed E-state index contributed by atoms with van der Waals surface area (Å²) in [7, 11) is 0. The van der Waals surface area contributed by atoms with Crippen LogP contribution in [0.2, 0.25) is 0 Å². The number of nitrogens with one attached hydrogen (secondary N) is 1. The van der Waals surface area contributed by atoms with Crippen LogP contribution in [0.3, 0.4) is 0 Å². The molecule has 0 aliphatic rings. The normalized spacial score (nSPS) is 11.9. The summed E-state index contributed by atoms with van der Waals surface area (Å²) in [4.78, 5) is 16.4. The maximum Gasteiger partial charge on any atom is 0.251 e. The zero-order valence-electron chi connectivity index (χ0n) is 12.1. The van der Waals surface area contributed by atoms with Crippen molar-refractivity contribution in [3.05, 3.63) is 72.1 Å². The molecule has 1 aromatic heterocycles. The van der Waals surface area contributed by atoms with Crippen molar-refractivity contribution in [2.75, 3.05) is 0 Å². The van der Waals surface area contributed by atoms with Crippen LogP contribution in [0.1, 0.15) is 29.2 Å². The molecule has 0 fully saturated rings. The summed E-state index contributed by atoms with van der Waals surface area (Å²) in [6.45, 7) is 1.81. The van der Waals surface area contributed by atoms with Crippen molar-refractivity contribution in [1.29, 1.82) is 0 Å². The summed E-state index contributed by atoms with van der Waals surface area (Å²) in [5.41, 5.74) is 1.47. The van der Waals surface area contributed by atoms with Crippen LogP contribution in [-0.2, 0) is 0 Å². The molecule has 0 saturated heterocycles. The van der Waals surface area contributed by atoms with Gasteiger partial charge in [0.25, 0.3) is 5.91 Å². The maximum atomic E-state index is 12.1. The fraction of sp³-hybridized carbons (Fsp3) is 0.118.